The van der Waals surface area contributed by atoms with Gasteiger partial charge in [-0.3, -0.25) is 9.36 Å². The van der Waals surface area contributed by atoms with Gasteiger partial charge in [0.05, 0.1) is 11.1 Å². The second-order valence-corrected chi connectivity index (χ2v) is 5.93. The van der Waals surface area contributed by atoms with Crippen LogP contribution in [0.4, 0.5) is 0 Å². The quantitative estimate of drug-likeness (QED) is 0.679. The van der Waals surface area contributed by atoms with E-state index in [2.05, 4.69) is 4.98 Å². The third-order valence-electron chi connectivity index (χ3n) is 3.37. The Hall–Kier alpha value is -1.94. The Morgan fingerprint density at radius 3 is 2.74 bits per heavy atom. The van der Waals surface area contributed by atoms with Crippen molar-refractivity contribution in [3.63, 3.8) is 0 Å². The number of nitrogens with zero attached hydrogens (tertiary/aromatic N) is 2. The van der Waals surface area contributed by atoms with E-state index in [1.54, 1.807) is 22.2 Å². The second-order valence-electron chi connectivity index (χ2n) is 4.72. The summed E-state index contributed by atoms with van der Waals surface area (Å²) < 4.78 is 1.62. The van der Waals surface area contributed by atoms with E-state index in [1.165, 1.54) is 0 Å². The van der Waals surface area contributed by atoms with Gasteiger partial charge >= 0.3 is 0 Å². The fraction of sp³-hybridized carbons (Fsp3) is 0.200. The van der Waals surface area contributed by atoms with Crippen LogP contribution in [-0.2, 0) is 0 Å². The monoisotopic (exact) mass is 270 g/mol. The molecule has 0 saturated heterocycles. The lowest BCUT2D eigenvalue weighted by molar-refractivity contribution is 0.963. The second kappa shape index (κ2) is 4.31. The summed E-state index contributed by atoms with van der Waals surface area (Å²) in [6.45, 7) is 6.02. The number of fused-ring (bicyclic) bond motifs is 1. The topological polar surface area (TPSA) is 34.9 Å². The number of rotatable bonds is 1. The van der Waals surface area contributed by atoms with Crippen molar-refractivity contribution in [3.8, 4) is 5.69 Å². The molecule has 0 aliphatic heterocycles. The van der Waals surface area contributed by atoms with Crippen molar-refractivity contribution < 1.29 is 0 Å². The molecule has 2 heterocycles. The first-order valence-electron chi connectivity index (χ1n) is 6.12. The maximum atomic E-state index is 12.6. The van der Waals surface area contributed by atoms with Crippen LogP contribution in [0.2, 0.25) is 0 Å². The van der Waals surface area contributed by atoms with Gasteiger partial charge in [0.25, 0.3) is 5.56 Å². The lowest BCUT2D eigenvalue weighted by Gasteiger charge is -2.06. The van der Waals surface area contributed by atoms with Crippen molar-refractivity contribution in [2.75, 3.05) is 0 Å². The van der Waals surface area contributed by atoms with Gasteiger partial charge in [0.2, 0.25) is 0 Å². The molecule has 4 heteroatoms. The van der Waals surface area contributed by atoms with Gasteiger partial charge in [0, 0.05) is 4.88 Å². The molecule has 0 unspecified atom stereocenters. The van der Waals surface area contributed by atoms with E-state index in [9.17, 15) is 4.79 Å². The molecule has 3 nitrogen and oxygen atoms in total. The highest BCUT2D eigenvalue weighted by Gasteiger charge is 2.12. The molecule has 0 aliphatic rings. The van der Waals surface area contributed by atoms with E-state index in [1.807, 2.05) is 45.0 Å². The molecule has 3 rings (SSSR count). The van der Waals surface area contributed by atoms with Crippen LogP contribution in [0.1, 0.15) is 16.0 Å². The average Bonchev–Trinajstić information content (AvgIpc) is 2.66. The molecular weight excluding hydrogens is 256 g/mol. The predicted molar refractivity (Wildman–Crippen MR) is 79.4 cm³/mol. The van der Waals surface area contributed by atoms with Crippen LogP contribution in [-0.4, -0.2) is 9.55 Å². The highest BCUT2D eigenvalue weighted by atomic mass is 32.1. The molecular formula is C15H14N2OS. The standard InChI is InChI=1S/C15H14N2OS/c1-9-5-4-6-12(7-9)17-8-16-14-13(15(17)18)10(2)11(3)19-14/h4-8H,1-3H3. The van der Waals surface area contributed by atoms with Crippen LogP contribution in [0.3, 0.4) is 0 Å². The molecule has 0 radical (unpaired) electrons. The van der Waals surface area contributed by atoms with Gasteiger partial charge in [-0.2, -0.15) is 0 Å². The SMILES string of the molecule is Cc1cccc(-n2cnc3sc(C)c(C)c3c2=O)c1. The van der Waals surface area contributed by atoms with Crippen molar-refractivity contribution in [1.82, 2.24) is 9.55 Å². The normalized spacial score (nSPS) is 11.1. The molecule has 0 saturated carbocycles. The molecule has 0 bridgehead atoms. The molecule has 0 fully saturated rings. The summed E-state index contributed by atoms with van der Waals surface area (Å²) in [4.78, 5) is 19.0. The van der Waals surface area contributed by atoms with Crippen LogP contribution in [0.15, 0.2) is 35.4 Å². The molecule has 1 aromatic carbocycles. The van der Waals surface area contributed by atoms with Crippen molar-refractivity contribution in [1.29, 1.82) is 0 Å². The molecule has 3 aromatic rings. The van der Waals surface area contributed by atoms with Gasteiger partial charge in [-0.05, 0) is 44.0 Å². The highest BCUT2D eigenvalue weighted by molar-refractivity contribution is 7.18. The van der Waals surface area contributed by atoms with E-state index >= 15 is 0 Å². The largest absolute Gasteiger partial charge is 0.268 e. The van der Waals surface area contributed by atoms with Crippen LogP contribution < -0.4 is 5.56 Å². The van der Waals surface area contributed by atoms with E-state index in [4.69, 9.17) is 0 Å². The third kappa shape index (κ3) is 1.88. The maximum Gasteiger partial charge on any atom is 0.266 e. The van der Waals surface area contributed by atoms with Gasteiger partial charge in [-0.15, -0.1) is 11.3 Å². The van der Waals surface area contributed by atoms with E-state index < -0.39 is 0 Å². The molecule has 0 amide bonds. The summed E-state index contributed by atoms with van der Waals surface area (Å²) in [7, 11) is 0. The number of benzene rings is 1. The van der Waals surface area contributed by atoms with Crippen molar-refractivity contribution >= 4 is 21.6 Å². The first kappa shape index (κ1) is 12.1. The summed E-state index contributed by atoms with van der Waals surface area (Å²) in [6.07, 6.45) is 1.62. The third-order valence-corrected chi connectivity index (χ3v) is 4.48. The summed E-state index contributed by atoms with van der Waals surface area (Å²) in [5.74, 6) is 0. The maximum absolute atomic E-state index is 12.6. The molecule has 96 valence electrons. The van der Waals surface area contributed by atoms with Crippen molar-refractivity contribution in [2.24, 2.45) is 0 Å². The number of hydrogen-bond donors (Lipinski definition) is 0. The van der Waals surface area contributed by atoms with Crippen molar-refractivity contribution in [2.45, 2.75) is 20.8 Å². The van der Waals surface area contributed by atoms with Crippen LogP contribution in [0.25, 0.3) is 15.9 Å². The summed E-state index contributed by atoms with van der Waals surface area (Å²) >= 11 is 1.58. The summed E-state index contributed by atoms with van der Waals surface area (Å²) in [6, 6.07) is 7.88. The minimum atomic E-state index is 0.0115. The van der Waals surface area contributed by atoms with Crippen molar-refractivity contribution in [3.05, 3.63) is 57.0 Å². The van der Waals surface area contributed by atoms with Gasteiger partial charge in [-0.25, -0.2) is 4.98 Å². The van der Waals surface area contributed by atoms with Crippen LogP contribution >= 0.6 is 11.3 Å². The zero-order valence-electron chi connectivity index (χ0n) is 11.1. The first-order valence-corrected chi connectivity index (χ1v) is 6.94. The molecule has 2 aromatic heterocycles. The van der Waals surface area contributed by atoms with Crippen LogP contribution in [0.5, 0.6) is 0 Å². The summed E-state index contributed by atoms with van der Waals surface area (Å²) in [5.41, 5.74) is 3.04. The number of aromatic nitrogens is 2. The number of hydrogen-bond acceptors (Lipinski definition) is 3. The number of thiophene rings is 1. The molecule has 0 atom stereocenters. The number of aryl methyl sites for hydroxylation is 3. The van der Waals surface area contributed by atoms with E-state index in [0.29, 0.717) is 0 Å². The highest BCUT2D eigenvalue weighted by Crippen LogP contribution is 2.25. The fourth-order valence-corrected chi connectivity index (χ4v) is 3.18. The molecule has 0 N–H and O–H groups in total. The van der Waals surface area contributed by atoms with Gasteiger partial charge in [0.15, 0.2) is 0 Å². The van der Waals surface area contributed by atoms with Gasteiger partial charge in [0.1, 0.15) is 11.2 Å². The smallest absolute Gasteiger partial charge is 0.266 e. The van der Waals surface area contributed by atoms with Crippen LogP contribution in [0, 0.1) is 20.8 Å². The average molecular weight is 270 g/mol. The Balaban J connectivity index is 2.35. The molecule has 19 heavy (non-hydrogen) atoms. The van der Waals surface area contributed by atoms with Gasteiger partial charge < -0.3 is 0 Å². The minimum absolute atomic E-state index is 0.0115. The first-order chi connectivity index (χ1) is 9.08. The Morgan fingerprint density at radius 1 is 1.21 bits per heavy atom. The lowest BCUT2D eigenvalue weighted by Crippen LogP contribution is -2.18. The Labute approximate surface area is 115 Å². The Kier molecular flexibility index (Phi) is 2.75. The molecule has 0 spiro atoms. The van der Waals surface area contributed by atoms with Gasteiger partial charge in [-0.1, -0.05) is 12.1 Å². The molecule has 0 aliphatic carbocycles. The van der Waals surface area contributed by atoms with E-state index in [0.717, 1.165) is 31.9 Å². The minimum Gasteiger partial charge on any atom is -0.268 e. The predicted octanol–water partition coefficient (Wildman–Crippen LogP) is 3.37. The Morgan fingerprint density at radius 2 is 2.00 bits per heavy atom. The zero-order chi connectivity index (χ0) is 13.6. The zero-order valence-corrected chi connectivity index (χ0v) is 11.9. The fourth-order valence-electron chi connectivity index (χ4n) is 2.20. The summed E-state index contributed by atoms with van der Waals surface area (Å²) in [5, 5.41) is 0.742. The van der Waals surface area contributed by atoms with E-state index in [-0.39, 0.29) is 5.56 Å². The Bertz CT molecular complexity index is 830. The lowest BCUT2D eigenvalue weighted by atomic mass is 10.2.